The van der Waals surface area contributed by atoms with Crippen LogP contribution in [0.4, 0.5) is 0 Å². The first-order chi connectivity index (χ1) is 14.8. The second kappa shape index (κ2) is 8.77. The van der Waals surface area contributed by atoms with E-state index in [1.54, 1.807) is 6.07 Å². The van der Waals surface area contributed by atoms with Crippen LogP contribution in [0.25, 0.3) is 11.0 Å². The molecule has 1 aromatic heterocycles. The number of amides is 1. The van der Waals surface area contributed by atoms with E-state index >= 15 is 0 Å². The number of thioether (sulfide) groups is 1. The zero-order valence-corrected chi connectivity index (χ0v) is 18.4. The molecule has 2 aromatic carbocycles. The molecular weight excluding hydrogens is 440 g/mol. The molecule has 164 valence electrons. The number of carbonyl (C=O) groups is 1. The fourth-order valence-corrected chi connectivity index (χ4v) is 4.69. The van der Waals surface area contributed by atoms with Crippen molar-refractivity contribution in [1.82, 2.24) is 14.9 Å². The van der Waals surface area contributed by atoms with Gasteiger partial charge in [-0.15, -0.1) is 0 Å². The van der Waals surface area contributed by atoms with Crippen LogP contribution in [-0.2, 0) is 21.4 Å². The molecule has 4 rings (SSSR count). The number of nitrogens with two attached hydrogens (primary N) is 1. The number of aromatic nitrogens is 2. The standard InChI is InChI=1S/C20H22N4O5S2/c1-2-24-16-8-7-14(31(21,26)27)9-15(16)23-20(24)30-12-19(25)22-10-13-11-28-17-5-3-4-6-18(17)29-13/h3-9,13H,2,10-12H2,1H3,(H,22,25)(H2,21,26,27)/t13-/m1/s1. The van der Waals surface area contributed by atoms with Crippen LogP contribution in [0.5, 0.6) is 11.5 Å². The molecule has 9 nitrogen and oxygen atoms in total. The SMILES string of the molecule is CCn1c(SCC(=O)NC[C@@H]2COc3ccccc3O2)nc2cc(S(N)(=O)=O)ccc21. The first kappa shape index (κ1) is 21.5. The van der Waals surface area contributed by atoms with Gasteiger partial charge in [0.2, 0.25) is 15.9 Å². The van der Waals surface area contributed by atoms with E-state index in [-0.39, 0.29) is 22.7 Å². The second-order valence-corrected chi connectivity index (χ2v) is 9.43. The molecule has 1 atom stereocenters. The third kappa shape index (κ3) is 4.78. The van der Waals surface area contributed by atoms with E-state index < -0.39 is 10.0 Å². The van der Waals surface area contributed by atoms with E-state index in [0.29, 0.717) is 41.9 Å². The van der Waals surface area contributed by atoms with E-state index in [2.05, 4.69) is 10.3 Å². The smallest absolute Gasteiger partial charge is 0.238 e. The van der Waals surface area contributed by atoms with Gasteiger partial charge in [0.25, 0.3) is 0 Å². The number of hydrogen-bond donors (Lipinski definition) is 2. The molecule has 1 aliphatic rings. The van der Waals surface area contributed by atoms with Crippen LogP contribution in [0, 0.1) is 0 Å². The van der Waals surface area contributed by atoms with Gasteiger partial charge in [0.1, 0.15) is 12.7 Å². The fraction of sp³-hybridized carbons (Fsp3) is 0.300. The van der Waals surface area contributed by atoms with Gasteiger partial charge in [0.05, 0.1) is 28.2 Å². The highest BCUT2D eigenvalue weighted by molar-refractivity contribution is 7.99. The van der Waals surface area contributed by atoms with Crippen molar-refractivity contribution in [2.24, 2.45) is 5.14 Å². The molecule has 3 N–H and O–H groups in total. The molecule has 0 fully saturated rings. The third-order valence-corrected chi connectivity index (χ3v) is 6.64. The summed E-state index contributed by atoms with van der Waals surface area (Å²) in [7, 11) is -3.81. The van der Waals surface area contributed by atoms with E-state index in [9.17, 15) is 13.2 Å². The van der Waals surface area contributed by atoms with E-state index in [4.69, 9.17) is 14.6 Å². The highest BCUT2D eigenvalue weighted by Crippen LogP contribution is 2.30. The molecule has 0 unspecified atom stereocenters. The Kier molecular flexibility index (Phi) is 6.08. The van der Waals surface area contributed by atoms with Crippen molar-refractivity contribution in [3.05, 3.63) is 42.5 Å². The van der Waals surface area contributed by atoms with Gasteiger partial charge in [0.15, 0.2) is 16.7 Å². The molecule has 1 aliphatic heterocycles. The van der Waals surface area contributed by atoms with Crippen LogP contribution < -0.4 is 19.9 Å². The van der Waals surface area contributed by atoms with Crippen LogP contribution in [-0.4, -0.2) is 48.9 Å². The Morgan fingerprint density at radius 3 is 2.81 bits per heavy atom. The Hall–Kier alpha value is -2.76. The summed E-state index contributed by atoms with van der Waals surface area (Å²) in [6, 6.07) is 12.0. The molecule has 2 heterocycles. The van der Waals surface area contributed by atoms with Crippen molar-refractivity contribution in [2.45, 2.75) is 29.6 Å². The lowest BCUT2D eigenvalue weighted by Crippen LogP contribution is -2.41. The normalized spacial score (nSPS) is 15.7. The number of aryl methyl sites for hydroxylation is 1. The number of sulfonamides is 1. The van der Waals surface area contributed by atoms with Crippen molar-refractivity contribution in [2.75, 3.05) is 18.9 Å². The van der Waals surface area contributed by atoms with Crippen molar-refractivity contribution >= 4 is 38.7 Å². The number of imidazole rings is 1. The number of benzene rings is 2. The highest BCUT2D eigenvalue weighted by atomic mass is 32.2. The zero-order valence-electron chi connectivity index (χ0n) is 16.8. The van der Waals surface area contributed by atoms with Crippen LogP contribution in [0.3, 0.4) is 0 Å². The van der Waals surface area contributed by atoms with E-state index in [1.807, 2.05) is 35.8 Å². The molecule has 11 heteroatoms. The zero-order chi connectivity index (χ0) is 22.0. The summed E-state index contributed by atoms with van der Waals surface area (Å²) in [5.41, 5.74) is 1.30. The molecule has 31 heavy (non-hydrogen) atoms. The van der Waals surface area contributed by atoms with Crippen LogP contribution in [0.15, 0.2) is 52.5 Å². The highest BCUT2D eigenvalue weighted by Gasteiger charge is 2.21. The summed E-state index contributed by atoms with van der Waals surface area (Å²) in [6.45, 7) is 3.27. The minimum absolute atomic E-state index is 0.00585. The molecule has 0 saturated heterocycles. The van der Waals surface area contributed by atoms with Crippen LogP contribution in [0.2, 0.25) is 0 Å². The number of primary sulfonamides is 1. The van der Waals surface area contributed by atoms with Gasteiger partial charge in [0, 0.05) is 6.54 Å². The fourth-order valence-electron chi connectivity index (χ4n) is 3.25. The predicted octanol–water partition coefficient (Wildman–Crippen LogP) is 1.75. The quantitative estimate of drug-likeness (QED) is 0.512. The molecule has 0 bridgehead atoms. The first-order valence-corrected chi connectivity index (χ1v) is 12.2. The molecule has 0 saturated carbocycles. The maximum atomic E-state index is 12.3. The van der Waals surface area contributed by atoms with Gasteiger partial charge in [-0.05, 0) is 37.3 Å². The second-order valence-electron chi connectivity index (χ2n) is 6.92. The monoisotopic (exact) mass is 462 g/mol. The summed E-state index contributed by atoms with van der Waals surface area (Å²) in [4.78, 5) is 16.8. The molecule has 0 spiro atoms. The van der Waals surface area contributed by atoms with Crippen LogP contribution >= 0.6 is 11.8 Å². The summed E-state index contributed by atoms with van der Waals surface area (Å²) < 4.78 is 36.6. The Morgan fingerprint density at radius 1 is 1.29 bits per heavy atom. The number of fused-ring (bicyclic) bond motifs is 2. The molecule has 0 radical (unpaired) electrons. The third-order valence-electron chi connectivity index (χ3n) is 4.76. The van der Waals surface area contributed by atoms with Gasteiger partial charge >= 0.3 is 0 Å². The first-order valence-electron chi connectivity index (χ1n) is 9.66. The Bertz CT molecular complexity index is 1230. The van der Waals surface area contributed by atoms with Crippen molar-refractivity contribution < 1.29 is 22.7 Å². The lowest BCUT2D eigenvalue weighted by Gasteiger charge is -2.26. The summed E-state index contributed by atoms with van der Waals surface area (Å²) in [5, 5.41) is 8.69. The van der Waals surface area contributed by atoms with Gasteiger partial charge in [-0.25, -0.2) is 18.5 Å². The van der Waals surface area contributed by atoms with Crippen molar-refractivity contribution in [1.29, 1.82) is 0 Å². The molecular formula is C20H22N4O5S2. The van der Waals surface area contributed by atoms with Crippen LogP contribution in [0.1, 0.15) is 6.92 Å². The summed E-state index contributed by atoms with van der Waals surface area (Å²) >= 11 is 1.28. The number of ether oxygens (including phenoxy) is 2. The van der Waals surface area contributed by atoms with Gasteiger partial charge in [-0.1, -0.05) is 23.9 Å². The largest absolute Gasteiger partial charge is 0.486 e. The van der Waals surface area contributed by atoms with E-state index in [0.717, 1.165) is 5.52 Å². The van der Waals surface area contributed by atoms with Crippen molar-refractivity contribution in [3.8, 4) is 11.5 Å². The number of hydrogen-bond acceptors (Lipinski definition) is 7. The number of nitrogens with one attached hydrogen (secondary N) is 1. The Labute approximate surface area is 184 Å². The van der Waals surface area contributed by atoms with Gasteiger partial charge < -0.3 is 19.4 Å². The number of para-hydroxylation sites is 2. The molecule has 1 amide bonds. The van der Waals surface area contributed by atoms with Gasteiger partial charge in [-0.2, -0.15) is 0 Å². The number of rotatable bonds is 7. The maximum Gasteiger partial charge on any atom is 0.238 e. The lowest BCUT2D eigenvalue weighted by molar-refractivity contribution is -0.119. The predicted molar refractivity (Wildman–Crippen MR) is 117 cm³/mol. The van der Waals surface area contributed by atoms with E-state index in [1.165, 1.54) is 23.9 Å². The minimum Gasteiger partial charge on any atom is -0.486 e. The number of nitrogens with zero attached hydrogens (tertiary/aromatic N) is 2. The lowest BCUT2D eigenvalue weighted by atomic mass is 10.2. The van der Waals surface area contributed by atoms with Crippen molar-refractivity contribution in [3.63, 3.8) is 0 Å². The summed E-state index contributed by atoms with van der Waals surface area (Å²) in [5.74, 6) is 1.37. The average molecular weight is 463 g/mol. The Balaban J connectivity index is 1.37. The molecule has 3 aromatic rings. The van der Waals surface area contributed by atoms with Gasteiger partial charge in [-0.3, -0.25) is 4.79 Å². The average Bonchev–Trinajstić information content (AvgIpc) is 3.12. The topological polar surface area (TPSA) is 126 Å². The summed E-state index contributed by atoms with van der Waals surface area (Å²) in [6.07, 6.45) is -0.263. The molecule has 0 aliphatic carbocycles. The number of carbonyl (C=O) groups excluding carboxylic acids is 1. The minimum atomic E-state index is -3.81. The maximum absolute atomic E-state index is 12.3. The Morgan fingerprint density at radius 2 is 2.06 bits per heavy atom.